The number of hydrogen-bond acceptors (Lipinski definition) is 3. The molecular formula is C26H37NO2. The van der Waals surface area contributed by atoms with Gasteiger partial charge in [-0.2, -0.15) is 0 Å². The fraction of sp³-hybridized carbons (Fsp3) is 0.462. The molecule has 29 heavy (non-hydrogen) atoms. The number of unbranched alkanes of at least 4 members (excludes halogenated alkanes) is 2. The van der Waals surface area contributed by atoms with Crippen LogP contribution in [0.1, 0.15) is 64.0 Å². The first-order valence-corrected chi connectivity index (χ1v) is 11.0. The number of hydrogen-bond donors (Lipinski definition) is 0. The largest absolute Gasteiger partial charge is 0.497 e. The molecule has 2 rings (SSSR count). The Bertz CT molecular complexity index is 716. The van der Waals surface area contributed by atoms with Crippen molar-refractivity contribution < 1.29 is 9.47 Å². The van der Waals surface area contributed by atoms with E-state index in [2.05, 4.69) is 68.2 Å². The van der Waals surface area contributed by atoms with Gasteiger partial charge in [-0.3, -0.25) is 4.90 Å². The van der Waals surface area contributed by atoms with Crippen molar-refractivity contribution in [3.05, 3.63) is 59.7 Å². The van der Waals surface area contributed by atoms with Crippen LogP contribution in [0.2, 0.25) is 0 Å². The van der Waals surface area contributed by atoms with Gasteiger partial charge in [0.15, 0.2) is 6.23 Å². The van der Waals surface area contributed by atoms with Gasteiger partial charge in [-0.25, -0.2) is 0 Å². The molecule has 0 spiro atoms. The lowest BCUT2D eigenvalue weighted by atomic mass is 10.1. The maximum atomic E-state index is 6.35. The Hall–Kier alpha value is -2.26. The average Bonchev–Trinajstić information content (AvgIpc) is 2.77. The van der Waals surface area contributed by atoms with Crippen LogP contribution in [0.15, 0.2) is 48.5 Å². The molecule has 2 aromatic carbocycles. The monoisotopic (exact) mass is 395 g/mol. The summed E-state index contributed by atoms with van der Waals surface area (Å²) in [4.78, 5) is 2.50. The van der Waals surface area contributed by atoms with Crippen molar-refractivity contribution in [2.45, 2.75) is 59.1 Å². The maximum absolute atomic E-state index is 6.35. The normalized spacial score (nSPS) is 12.4. The van der Waals surface area contributed by atoms with E-state index in [4.69, 9.17) is 9.47 Å². The molecule has 0 amide bonds. The summed E-state index contributed by atoms with van der Waals surface area (Å²) in [6.45, 7) is 8.92. The third-order valence-electron chi connectivity index (χ3n) is 5.07. The summed E-state index contributed by atoms with van der Waals surface area (Å²) in [5.74, 6) is 1.81. The van der Waals surface area contributed by atoms with Gasteiger partial charge in [0.25, 0.3) is 0 Å². The molecule has 1 unspecified atom stereocenters. The molecule has 0 saturated heterocycles. The first kappa shape index (κ1) is 23.0. The Morgan fingerprint density at radius 1 is 0.828 bits per heavy atom. The summed E-state index contributed by atoms with van der Waals surface area (Å²) < 4.78 is 11.6. The first-order chi connectivity index (χ1) is 14.2. The fourth-order valence-corrected chi connectivity index (χ4v) is 3.29. The predicted molar refractivity (Wildman–Crippen MR) is 124 cm³/mol. The molecule has 158 valence electrons. The molecule has 0 N–H and O–H groups in total. The SMILES string of the molecule is CCCCN(CCCC)C(CC)Oc1ccc(/C=C/c2cccc(OC)c2)cc1. The van der Waals surface area contributed by atoms with Gasteiger partial charge in [0.05, 0.1) is 7.11 Å². The Balaban J connectivity index is 2.00. The molecule has 1 atom stereocenters. The third kappa shape index (κ3) is 7.94. The van der Waals surface area contributed by atoms with Crippen molar-refractivity contribution in [1.82, 2.24) is 4.90 Å². The highest BCUT2D eigenvalue weighted by molar-refractivity contribution is 5.70. The molecular weight excluding hydrogens is 358 g/mol. The van der Waals surface area contributed by atoms with Gasteiger partial charge in [0.2, 0.25) is 0 Å². The minimum absolute atomic E-state index is 0.145. The Morgan fingerprint density at radius 2 is 1.48 bits per heavy atom. The molecule has 0 radical (unpaired) electrons. The maximum Gasteiger partial charge on any atom is 0.152 e. The van der Waals surface area contributed by atoms with E-state index in [1.54, 1.807) is 7.11 Å². The highest BCUT2D eigenvalue weighted by Gasteiger charge is 2.17. The van der Waals surface area contributed by atoms with Crippen LogP contribution in [0.4, 0.5) is 0 Å². The van der Waals surface area contributed by atoms with E-state index in [-0.39, 0.29) is 6.23 Å². The van der Waals surface area contributed by atoms with Crippen molar-refractivity contribution >= 4 is 12.2 Å². The van der Waals surface area contributed by atoms with Gasteiger partial charge in [-0.05, 0) is 54.7 Å². The van der Waals surface area contributed by atoms with E-state index in [0.29, 0.717) is 0 Å². The second-order valence-electron chi connectivity index (χ2n) is 7.40. The van der Waals surface area contributed by atoms with Crippen LogP contribution >= 0.6 is 0 Å². The molecule has 0 aliphatic carbocycles. The van der Waals surface area contributed by atoms with E-state index in [1.807, 2.05) is 18.2 Å². The molecule has 3 nitrogen and oxygen atoms in total. The summed E-state index contributed by atoms with van der Waals surface area (Å²) in [6, 6.07) is 16.4. The molecule has 3 heteroatoms. The van der Waals surface area contributed by atoms with Crippen molar-refractivity contribution in [3.8, 4) is 11.5 Å². The lowest BCUT2D eigenvalue weighted by molar-refractivity contribution is 0.0202. The molecule has 0 aromatic heterocycles. The Labute approximate surface area is 177 Å². The van der Waals surface area contributed by atoms with Crippen LogP contribution in [0.3, 0.4) is 0 Å². The van der Waals surface area contributed by atoms with E-state index in [1.165, 1.54) is 25.7 Å². The second-order valence-corrected chi connectivity index (χ2v) is 7.40. The van der Waals surface area contributed by atoms with E-state index >= 15 is 0 Å². The summed E-state index contributed by atoms with van der Waals surface area (Å²) in [5, 5.41) is 0. The number of benzene rings is 2. The number of methoxy groups -OCH3 is 1. The highest BCUT2D eigenvalue weighted by atomic mass is 16.5. The van der Waals surface area contributed by atoms with Crippen molar-refractivity contribution in [3.63, 3.8) is 0 Å². The standard InChI is InChI=1S/C26H37NO2/c1-5-8-19-27(20-9-6-2)26(7-3)29-24-17-15-22(16-18-24)13-14-23-11-10-12-25(21-23)28-4/h10-18,21,26H,5-9,19-20H2,1-4H3/b14-13+. The van der Waals surface area contributed by atoms with Gasteiger partial charge >= 0.3 is 0 Å². The summed E-state index contributed by atoms with van der Waals surface area (Å²) >= 11 is 0. The quantitative estimate of drug-likeness (QED) is 0.272. The first-order valence-electron chi connectivity index (χ1n) is 11.0. The van der Waals surface area contributed by atoms with Crippen LogP contribution < -0.4 is 9.47 Å². The molecule has 0 aliphatic rings. The summed E-state index contributed by atoms with van der Waals surface area (Å²) in [5.41, 5.74) is 2.28. The molecule has 2 aromatic rings. The molecule has 0 aliphatic heterocycles. The van der Waals surface area contributed by atoms with Gasteiger partial charge in [0.1, 0.15) is 11.5 Å². The van der Waals surface area contributed by atoms with Gasteiger partial charge < -0.3 is 9.47 Å². The minimum atomic E-state index is 0.145. The lowest BCUT2D eigenvalue weighted by Crippen LogP contribution is -2.40. The van der Waals surface area contributed by atoms with E-state index in [9.17, 15) is 0 Å². The lowest BCUT2D eigenvalue weighted by Gasteiger charge is -2.31. The fourth-order valence-electron chi connectivity index (χ4n) is 3.29. The highest BCUT2D eigenvalue weighted by Crippen LogP contribution is 2.20. The Kier molecular flexibility index (Phi) is 10.4. The van der Waals surface area contributed by atoms with Crippen LogP contribution in [0, 0.1) is 0 Å². The molecule has 0 fully saturated rings. The summed E-state index contributed by atoms with van der Waals surface area (Å²) in [6.07, 6.45) is 10.2. The summed E-state index contributed by atoms with van der Waals surface area (Å²) in [7, 11) is 1.69. The zero-order chi connectivity index (χ0) is 20.9. The zero-order valence-electron chi connectivity index (χ0n) is 18.6. The van der Waals surface area contributed by atoms with Crippen molar-refractivity contribution in [2.75, 3.05) is 20.2 Å². The van der Waals surface area contributed by atoms with Gasteiger partial charge in [-0.1, -0.05) is 70.0 Å². The van der Waals surface area contributed by atoms with Crippen molar-refractivity contribution in [2.24, 2.45) is 0 Å². The van der Waals surface area contributed by atoms with Crippen LogP contribution in [-0.4, -0.2) is 31.3 Å². The molecule has 0 bridgehead atoms. The Morgan fingerprint density at radius 3 is 2.07 bits per heavy atom. The average molecular weight is 396 g/mol. The van der Waals surface area contributed by atoms with Crippen molar-refractivity contribution in [1.29, 1.82) is 0 Å². The number of rotatable bonds is 13. The van der Waals surface area contributed by atoms with E-state index in [0.717, 1.165) is 42.1 Å². The van der Waals surface area contributed by atoms with Crippen LogP contribution in [0.25, 0.3) is 12.2 Å². The zero-order valence-corrected chi connectivity index (χ0v) is 18.6. The second kappa shape index (κ2) is 13.1. The smallest absolute Gasteiger partial charge is 0.152 e. The van der Waals surface area contributed by atoms with Crippen LogP contribution in [-0.2, 0) is 0 Å². The van der Waals surface area contributed by atoms with Gasteiger partial charge in [0, 0.05) is 13.1 Å². The third-order valence-corrected chi connectivity index (χ3v) is 5.07. The van der Waals surface area contributed by atoms with Crippen LogP contribution in [0.5, 0.6) is 11.5 Å². The molecule has 0 saturated carbocycles. The molecule has 0 heterocycles. The number of nitrogens with zero attached hydrogens (tertiary/aromatic N) is 1. The minimum Gasteiger partial charge on any atom is -0.497 e. The topological polar surface area (TPSA) is 21.7 Å². The van der Waals surface area contributed by atoms with Gasteiger partial charge in [-0.15, -0.1) is 0 Å². The predicted octanol–water partition coefficient (Wildman–Crippen LogP) is 6.88. The number of ether oxygens (including phenoxy) is 2. The van der Waals surface area contributed by atoms with E-state index < -0.39 is 0 Å².